The van der Waals surface area contributed by atoms with Crippen LogP contribution in [0.3, 0.4) is 0 Å². The lowest BCUT2D eigenvalue weighted by Gasteiger charge is -2.34. The summed E-state index contributed by atoms with van der Waals surface area (Å²) in [7, 11) is -2.84. The molecule has 0 aromatic carbocycles. The molecule has 0 saturated carbocycles. The molecule has 1 N–H and O–H groups in total. The van der Waals surface area contributed by atoms with E-state index in [0.717, 1.165) is 49.5 Å². The maximum atomic E-state index is 12.3. The molecule has 3 heterocycles. The number of carbonyl (C=O) groups excluding carboxylic acids is 1. The first kappa shape index (κ1) is 17.8. The van der Waals surface area contributed by atoms with Gasteiger partial charge in [-0.2, -0.15) is 0 Å². The molecule has 0 spiro atoms. The van der Waals surface area contributed by atoms with E-state index in [0.29, 0.717) is 12.3 Å². The van der Waals surface area contributed by atoms with Crippen molar-refractivity contribution in [2.24, 2.45) is 5.92 Å². The van der Waals surface area contributed by atoms with E-state index in [-0.39, 0.29) is 23.6 Å². The smallest absolute Gasteiger partial charge is 0.223 e. The number of hydrogen-bond donors (Lipinski definition) is 1. The number of hydrogen-bond acceptors (Lipinski definition) is 6. The second kappa shape index (κ2) is 7.49. The van der Waals surface area contributed by atoms with E-state index in [9.17, 15) is 13.2 Å². The summed E-state index contributed by atoms with van der Waals surface area (Å²) < 4.78 is 23.2. The van der Waals surface area contributed by atoms with Gasteiger partial charge in [-0.3, -0.25) is 9.69 Å². The van der Waals surface area contributed by atoms with Crippen LogP contribution in [0.15, 0.2) is 5.38 Å². The molecule has 2 aliphatic rings. The number of likely N-dealkylation sites (tertiary alicyclic amines) is 1. The average Bonchev–Trinajstić information content (AvgIpc) is 3.18. The fraction of sp³-hybridized carbons (Fsp3) is 0.750. The molecule has 2 aliphatic heterocycles. The summed E-state index contributed by atoms with van der Waals surface area (Å²) in [6, 6.07) is 0.154. The van der Waals surface area contributed by atoms with Gasteiger partial charge in [0.2, 0.25) is 5.91 Å². The van der Waals surface area contributed by atoms with Crippen molar-refractivity contribution in [3.05, 3.63) is 16.1 Å². The minimum Gasteiger partial charge on any atom is -0.350 e. The van der Waals surface area contributed by atoms with E-state index in [2.05, 4.69) is 22.1 Å². The highest BCUT2D eigenvalue weighted by atomic mass is 32.2. The van der Waals surface area contributed by atoms with E-state index in [1.807, 2.05) is 5.38 Å². The largest absolute Gasteiger partial charge is 0.350 e. The molecule has 3 rings (SSSR count). The molecule has 0 aliphatic carbocycles. The third kappa shape index (κ3) is 4.34. The maximum Gasteiger partial charge on any atom is 0.223 e. The van der Waals surface area contributed by atoms with Gasteiger partial charge in [0.1, 0.15) is 0 Å². The topological polar surface area (TPSA) is 79.4 Å². The fourth-order valence-electron chi connectivity index (χ4n) is 3.50. The molecule has 1 aromatic heterocycles. The first-order valence-electron chi connectivity index (χ1n) is 8.62. The van der Waals surface area contributed by atoms with Gasteiger partial charge in [0.15, 0.2) is 9.84 Å². The van der Waals surface area contributed by atoms with Crippen LogP contribution in [0.2, 0.25) is 0 Å². The quantitative estimate of drug-likeness (QED) is 0.842. The molecule has 134 valence electrons. The van der Waals surface area contributed by atoms with Crippen molar-refractivity contribution >= 4 is 27.1 Å². The van der Waals surface area contributed by atoms with E-state index < -0.39 is 9.84 Å². The second-order valence-electron chi connectivity index (χ2n) is 6.67. The monoisotopic (exact) mass is 371 g/mol. The Bertz CT molecular complexity index is 678. The van der Waals surface area contributed by atoms with Crippen molar-refractivity contribution in [1.29, 1.82) is 0 Å². The first-order valence-corrected chi connectivity index (χ1v) is 11.3. The molecular weight excluding hydrogens is 346 g/mol. The van der Waals surface area contributed by atoms with Crippen LogP contribution >= 0.6 is 11.3 Å². The van der Waals surface area contributed by atoms with Gasteiger partial charge in [0.25, 0.3) is 0 Å². The molecule has 24 heavy (non-hydrogen) atoms. The SMILES string of the molecule is CCc1nc(CNC(=O)C2CCN([C@H]3CCS(=O)(=O)C3)CC2)cs1. The molecule has 1 amide bonds. The number of aryl methyl sites for hydroxylation is 1. The maximum absolute atomic E-state index is 12.3. The number of thiazole rings is 1. The molecule has 0 radical (unpaired) electrons. The van der Waals surface area contributed by atoms with Gasteiger partial charge < -0.3 is 5.32 Å². The zero-order valence-electron chi connectivity index (χ0n) is 14.0. The minimum atomic E-state index is -2.84. The van der Waals surface area contributed by atoms with Crippen molar-refractivity contribution in [3.8, 4) is 0 Å². The minimum absolute atomic E-state index is 0.0311. The van der Waals surface area contributed by atoms with Crippen LogP contribution in [-0.4, -0.2) is 54.8 Å². The Morgan fingerprint density at radius 1 is 1.38 bits per heavy atom. The van der Waals surface area contributed by atoms with Crippen LogP contribution in [0.5, 0.6) is 0 Å². The third-order valence-corrected chi connectivity index (χ3v) is 7.76. The van der Waals surface area contributed by atoms with Gasteiger partial charge in [-0.25, -0.2) is 13.4 Å². The normalized spacial score (nSPS) is 25.0. The number of aromatic nitrogens is 1. The van der Waals surface area contributed by atoms with Crippen molar-refractivity contribution in [2.45, 2.75) is 45.2 Å². The number of rotatable bonds is 5. The Hall–Kier alpha value is -0.990. The summed E-state index contributed by atoms with van der Waals surface area (Å²) >= 11 is 1.63. The molecule has 0 unspecified atom stereocenters. The summed E-state index contributed by atoms with van der Waals surface area (Å²) in [5, 5.41) is 6.09. The third-order valence-electron chi connectivity index (χ3n) is 4.97. The van der Waals surface area contributed by atoms with Crippen molar-refractivity contribution in [2.75, 3.05) is 24.6 Å². The Labute approximate surface area is 147 Å². The molecule has 1 atom stereocenters. The first-order chi connectivity index (χ1) is 11.5. The van der Waals surface area contributed by atoms with Crippen LogP contribution in [0, 0.1) is 5.92 Å². The summed E-state index contributed by atoms with van der Waals surface area (Å²) in [6.07, 6.45) is 3.27. The summed E-state index contributed by atoms with van der Waals surface area (Å²) in [5.74, 6) is 0.724. The highest BCUT2D eigenvalue weighted by Crippen LogP contribution is 2.24. The lowest BCUT2D eigenvalue weighted by atomic mass is 9.94. The number of piperidine rings is 1. The molecule has 0 bridgehead atoms. The number of nitrogens with zero attached hydrogens (tertiary/aromatic N) is 2. The predicted molar refractivity (Wildman–Crippen MR) is 94.7 cm³/mol. The van der Waals surface area contributed by atoms with E-state index in [4.69, 9.17) is 0 Å². The second-order valence-corrected chi connectivity index (χ2v) is 9.84. The van der Waals surface area contributed by atoms with Crippen LogP contribution in [0.1, 0.15) is 36.9 Å². The van der Waals surface area contributed by atoms with Crippen LogP contribution in [-0.2, 0) is 27.6 Å². The fourth-order valence-corrected chi connectivity index (χ4v) is 6.01. The molecule has 6 nitrogen and oxygen atoms in total. The van der Waals surface area contributed by atoms with Gasteiger partial charge in [-0.15, -0.1) is 11.3 Å². The standard InChI is InChI=1S/C16H25N3O3S2/c1-2-15-18-13(10-23-15)9-17-16(20)12-3-6-19(7-4-12)14-5-8-24(21,22)11-14/h10,12,14H,2-9,11H2,1H3,(H,17,20)/t14-/m0/s1. The van der Waals surface area contributed by atoms with Crippen molar-refractivity contribution in [3.63, 3.8) is 0 Å². The molecule has 2 saturated heterocycles. The van der Waals surface area contributed by atoms with E-state index >= 15 is 0 Å². The number of sulfone groups is 1. The number of nitrogens with one attached hydrogen (secondary N) is 1. The lowest BCUT2D eigenvalue weighted by molar-refractivity contribution is -0.126. The van der Waals surface area contributed by atoms with Gasteiger partial charge >= 0.3 is 0 Å². The summed E-state index contributed by atoms with van der Waals surface area (Å²) in [6.45, 7) is 4.20. The number of amides is 1. The summed E-state index contributed by atoms with van der Waals surface area (Å²) in [5.41, 5.74) is 0.929. The lowest BCUT2D eigenvalue weighted by Crippen LogP contribution is -2.45. The van der Waals surface area contributed by atoms with Gasteiger partial charge in [-0.05, 0) is 38.8 Å². The van der Waals surface area contributed by atoms with E-state index in [1.54, 1.807) is 11.3 Å². The highest BCUT2D eigenvalue weighted by molar-refractivity contribution is 7.91. The predicted octanol–water partition coefficient (Wildman–Crippen LogP) is 1.22. The van der Waals surface area contributed by atoms with Crippen LogP contribution in [0.4, 0.5) is 0 Å². The number of carbonyl (C=O) groups is 1. The highest BCUT2D eigenvalue weighted by Gasteiger charge is 2.35. The van der Waals surface area contributed by atoms with Crippen molar-refractivity contribution in [1.82, 2.24) is 15.2 Å². The average molecular weight is 372 g/mol. The Balaban J connectivity index is 1.43. The van der Waals surface area contributed by atoms with Gasteiger partial charge in [-0.1, -0.05) is 6.92 Å². The molecule has 2 fully saturated rings. The summed E-state index contributed by atoms with van der Waals surface area (Å²) in [4.78, 5) is 19.0. The van der Waals surface area contributed by atoms with E-state index in [1.165, 1.54) is 0 Å². The van der Waals surface area contributed by atoms with Gasteiger partial charge in [0.05, 0.1) is 28.8 Å². The van der Waals surface area contributed by atoms with Crippen LogP contribution in [0.25, 0.3) is 0 Å². The zero-order chi connectivity index (χ0) is 17.2. The molecular formula is C16H25N3O3S2. The Morgan fingerprint density at radius 2 is 2.12 bits per heavy atom. The van der Waals surface area contributed by atoms with Crippen LogP contribution < -0.4 is 5.32 Å². The Kier molecular flexibility index (Phi) is 5.56. The van der Waals surface area contributed by atoms with Gasteiger partial charge in [0, 0.05) is 17.3 Å². The van der Waals surface area contributed by atoms with Crippen molar-refractivity contribution < 1.29 is 13.2 Å². The molecule has 1 aromatic rings. The Morgan fingerprint density at radius 3 is 2.71 bits per heavy atom. The molecule has 8 heteroatoms. The zero-order valence-corrected chi connectivity index (χ0v) is 15.7.